The van der Waals surface area contributed by atoms with Crippen molar-refractivity contribution in [3.8, 4) is 11.5 Å². The highest BCUT2D eigenvalue weighted by Gasteiger charge is 2.31. The average molecular weight is 273 g/mol. The van der Waals surface area contributed by atoms with Gasteiger partial charge in [0.05, 0.1) is 14.2 Å². The fraction of sp³-hybridized carbons (Fsp3) is 0.438. The van der Waals surface area contributed by atoms with Gasteiger partial charge in [-0.2, -0.15) is 0 Å². The first-order chi connectivity index (χ1) is 9.72. The van der Waals surface area contributed by atoms with Gasteiger partial charge in [0.2, 0.25) is 0 Å². The van der Waals surface area contributed by atoms with Gasteiger partial charge in [0.15, 0.2) is 17.3 Å². The summed E-state index contributed by atoms with van der Waals surface area (Å²) in [6.07, 6.45) is 4.94. The Balaban J connectivity index is 1.97. The van der Waals surface area contributed by atoms with Crippen molar-refractivity contribution >= 4 is 11.4 Å². The molecule has 2 aliphatic rings. The fourth-order valence-corrected chi connectivity index (χ4v) is 3.05. The Kier molecular flexibility index (Phi) is 3.38. The lowest BCUT2D eigenvalue weighted by Crippen LogP contribution is -2.32. The highest BCUT2D eigenvalue weighted by molar-refractivity contribution is 6.21. The number of methoxy groups -OCH3 is 2. The Morgan fingerprint density at radius 3 is 2.75 bits per heavy atom. The largest absolute Gasteiger partial charge is 0.493 e. The number of carbonyl (C=O) groups excluding carboxylic acids is 1. The number of Topliss-reactive ketones (excluding diaryl/α,β-unsaturated/α-hetero) is 1. The van der Waals surface area contributed by atoms with Gasteiger partial charge in [-0.05, 0) is 30.5 Å². The fourth-order valence-electron chi connectivity index (χ4n) is 3.05. The summed E-state index contributed by atoms with van der Waals surface area (Å²) in [5.41, 5.74) is 1.68. The lowest BCUT2D eigenvalue weighted by atomic mass is 9.94. The van der Waals surface area contributed by atoms with Gasteiger partial charge in [-0.15, -0.1) is 0 Å². The van der Waals surface area contributed by atoms with Gasteiger partial charge in [0, 0.05) is 30.8 Å². The molecule has 0 saturated carbocycles. The van der Waals surface area contributed by atoms with Crippen molar-refractivity contribution in [2.75, 3.05) is 20.8 Å². The first kappa shape index (κ1) is 13.0. The maximum absolute atomic E-state index is 12.3. The summed E-state index contributed by atoms with van der Waals surface area (Å²) in [6.45, 7) is 1.05. The monoisotopic (exact) mass is 273 g/mol. The van der Waals surface area contributed by atoms with Crippen LogP contribution in [0.2, 0.25) is 0 Å². The smallest absolute Gasteiger partial charge is 0.166 e. The second-order valence-electron chi connectivity index (χ2n) is 5.27. The van der Waals surface area contributed by atoms with E-state index in [0.29, 0.717) is 24.0 Å². The van der Waals surface area contributed by atoms with Crippen LogP contribution in [0.4, 0.5) is 0 Å². The molecule has 0 aromatic heterocycles. The van der Waals surface area contributed by atoms with Crippen molar-refractivity contribution in [3.05, 3.63) is 30.0 Å². The molecule has 2 aliphatic heterocycles. The number of ether oxygens (including phenoxy) is 2. The molecule has 0 N–H and O–H groups in total. The van der Waals surface area contributed by atoms with E-state index in [0.717, 1.165) is 24.1 Å². The minimum atomic E-state index is 0.223. The predicted octanol–water partition coefficient (Wildman–Crippen LogP) is 2.48. The summed E-state index contributed by atoms with van der Waals surface area (Å²) in [6, 6.07) is 6.05. The van der Waals surface area contributed by atoms with Crippen LogP contribution in [0.15, 0.2) is 24.4 Å². The molecule has 0 aliphatic carbocycles. The number of carbonyl (C=O) groups is 1. The highest BCUT2D eigenvalue weighted by Crippen LogP contribution is 2.35. The Hall–Kier alpha value is -1.97. The molecule has 1 aromatic rings. The van der Waals surface area contributed by atoms with E-state index >= 15 is 0 Å². The second-order valence-corrected chi connectivity index (χ2v) is 5.27. The van der Waals surface area contributed by atoms with Gasteiger partial charge in [0.1, 0.15) is 0 Å². The van der Waals surface area contributed by atoms with Crippen LogP contribution in [0.25, 0.3) is 5.57 Å². The predicted molar refractivity (Wildman–Crippen MR) is 76.9 cm³/mol. The molecular weight excluding hydrogens is 254 g/mol. The third-order valence-electron chi connectivity index (χ3n) is 4.13. The van der Waals surface area contributed by atoms with E-state index in [2.05, 4.69) is 4.90 Å². The van der Waals surface area contributed by atoms with Crippen molar-refractivity contribution < 1.29 is 14.3 Å². The third kappa shape index (κ3) is 2.15. The van der Waals surface area contributed by atoms with Gasteiger partial charge in [-0.3, -0.25) is 4.79 Å². The summed E-state index contributed by atoms with van der Waals surface area (Å²) in [7, 11) is 3.21. The Labute approximate surface area is 119 Å². The van der Waals surface area contributed by atoms with Crippen LogP contribution < -0.4 is 9.47 Å². The zero-order valence-corrected chi connectivity index (χ0v) is 11.9. The van der Waals surface area contributed by atoms with E-state index in [1.54, 1.807) is 14.2 Å². The minimum Gasteiger partial charge on any atom is -0.493 e. The number of allylic oxidation sites excluding steroid dienone is 1. The van der Waals surface area contributed by atoms with E-state index < -0.39 is 0 Å². The van der Waals surface area contributed by atoms with Crippen molar-refractivity contribution in [1.82, 2.24) is 4.90 Å². The molecule has 20 heavy (non-hydrogen) atoms. The molecule has 0 bridgehead atoms. The number of hydrogen-bond donors (Lipinski definition) is 0. The van der Waals surface area contributed by atoms with Crippen LogP contribution in [0.3, 0.4) is 0 Å². The van der Waals surface area contributed by atoms with E-state index in [1.165, 1.54) is 6.42 Å². The Morgan fingerprint density at radius 1 is 1.20 bits per heavy atom. The summed E-state index contributed by atoms with van der Waals surface area (Å²) < 4.78 is 10.5. The van der Waals surface area contributed by atoms with Crippen LogP contribution >= 0.6 is 0 Å². The molecule has 4 heteroatoms. The number of fused-ring (bicyclic) bond motifs is 1. The molecule has 0 amide bonds. The summed E-state index contributed by atoms with van der Waals surface area (Å²) in [4.78, 5) is 14.6. The number of ketones is 1. The molecule has 4 nitrogen and oxygen atoms in total. The zero-order chi connectivity index (χ0) is 14.1. The molecule has 0 spiro atoms. The van der Waals surface area contributed by atoms with E-state index in [4.69, 9.17) is 9.47 Å². The second kappa shape index (κ2) is 5.19. The van der Waals surface area contributed by atoms with E-state index in [-0.39, 0.29) is 5.78 Å². The quantitative estimate of drug-likeness (QED) is 0.848. The summed E-state index contributed by atoms with van der Waals surface area (Å²) in [5.74, 6) is 1.56. The lowest BCUT2D eigenvalue weighted by Gasteiger charge is -2.28. The maximum Gasteiger partial charge on any atom is 0.166 e. The van der Waals surface area contributed by atoms with Crippen molar-refractivity contribution in [1.29, 1.82) is 0 Å². The van der Waals surface area contributed by atoms with Crippen LogP contribution in [0, 0.1) is 0 Å². The van der Waals surface area contributed by atoms with Gasteiger partial charge in [0.25, 0.3) is 0 Å². The molecule has 1 aromatic carbocycles. The summed E-state index contributed by atoms with van der Waals surface area (Å²) >= 11 is 0. The van der Waals surface area contributed by atoms with Gasteiger partial charge in [-0.25, -0.2) is 0 Å². The zero-order valence-electron chi connectivity index (χ0n) is 11.9. The van der Waals surface area contributed by atoms with Crippen molar-refractivity contribution in [2.45, 2.75) is 25.3 Å². The lowest BCUT2D eigenvalue weighted by molar-refractivity contribution is -0.115. The molecule has 1 atom stereocenters. The topological polar surface area (TPSA) is 38.8 Å². The first-order valence-corrected chi connectivity index (χ1v) is 6.96. The van der Waals surface area contributed by atoms with Gasteiger partial charge in [-0.1, -0.05) is 6.07 Å². The number of rotatable bonds is 3. The van der Waals surface area contributed by atoms with Crippen LogP contribution in [-0.4, -0.2) is 37.5 Å². The molecule has 0 radical (unpaired) electrons. The van der Waals surface area contributed by atoms with Crippen LogP contribution in [-0.2, 0) is 4.79 Å². The Morgan fingerprint density at radius 2 is 2.00 bits per heavy atom. The Bertz CT molecular complexity index is 565. The van der Waals surface area contributed by atoms with E-state index in [1.807, 2.05) is 24.4 Å². The third-order valence-corrected chi connectivity index (χ3v) is 4.13. The van der Waals surface area contributed by atoms with Gasteiger partial charge >= 0.3 is 0 Å². The molecular formula is C16H19NO3. The summed E-state index contributed by atoms with van der Waals surface area (Å²) in [5, 5.41) is 0. The van der Waals surface area contributed by atoms with Crippen molar-refractivity contribution in [3.63, 3.8) is 0 Å². The standard InChI is InChI=1S/C16H19NO3/c1-19-15-6-5-11(8-16(15)20-2)13-10-17-7-3-4-12(17)9-14(13)18/h5-6,8,10,12H,3-4,7,9H2,1-2H3. The number of hydrogen-bond acceptors (Lipinski definition) is 4. The SMILES string of the molecule is COc1ccc(C2=CN3CCCC3CC2=O)cc1OC. The van der Waals surface area contributed by atoms with Crippen LogP contribution in [0.5, 0.6) is 11.5 Å². The van der Waals surface area contributed by atoms with Crippen molar-refractivity contribution in [2.24, 2.45) is 0 Å². The van der Waals surface area contributed by atoms with Crippen LogP contribution in [0.1, 0.15) is 24.8 Å². The average Bonchev–Trinajstić information content (AvgIpc) is 2.92. The number of benzene rings is 1. The molecule has 1 fully saturated rings. The molecule has 3 rings (SSSR count). The molecule has 1 saturated heterocycles. The normalized spacial score (nSPS) is 21.5. The molecule has 2 heterocycles. The van der Waals surface area contributed by atoms with Gasteiger partial charge < -0.3 is 14.4 Å². The van der Waals surface area contributed by atoms with E-state index in [9.17, 15) is 4.79 Å². The number of nitrogens with zero attached hydrogens (tertiary/aromatic N) is 1. The molecule has 1 unspecified atom stereocenters. The maximum atomic E-state index is 12.3. The molecule has 106 valence electrons. The first-order valence-electron chi connectivity index (χ1n) is 6.96. The minimum absolute atomic E-state index is 0.223. The highest BCUT2D eigenvalue weighted by atomic mass is 16.5.